The van der Waals surface area contributed by atoms with E-state index in [1.54, 1.807) is 0 Å². The van der Waals surface area contributed by atoms with Gasteiger partial charge in [0.2, 0.25) is 0 Å². The predicted octanol–water partition coefficient (Wildman–Crippen LogP) is 8.84. The minimum atomic E-state index is 0.163. The number of benzene rings is 3. The number of halogens is 5. The molecule has 3 rings (SSSR count). The standard InChI is InChI=1S/C19H12Cl5NS/c20-14-15(21)17(23)19(18(24)16(14)22)26-11-25(12-7-3-1-4-8-12)13-9-5-2-6-10-13/h1-10H,11H2. The maximum atomic E-state index is 6.35. The zero-order valence-corrected chi connectivity index (χ0v) is 17.8. The van der Waals surface area contributed by atoms with Crippen LogP contribution in [0.1, 0.15) is 0 Å². The Bertz CT molecular complexity index is 834. The van der Waals surface area contributed by atoms with E-state index in [1.165, 1.54) is 11.8 Å². The molecule has 0 spiro atoms. The van der Waals surface area contributed by atoms with Gasteiger partial charge in [0.25, 0.3) is 0 Å². The number of anilines is 2. The minimum absolute atomic E-state index is 0.163. The number of nitrogens with zero attached hydrogens (tertiary/aromatic N) is 1. The first-order valence-electron chi connectivity index (χ1n) is 7.52. The van der Waals surface area contributed by atoms with Gasteiger partial charge in [-0.25, -0.2) is 0 Å². The molecule has 0 atom stereocenters. The maximum absolute atomic E-state index is 6.35. The highest BCUT2D eigenvalue weighted by Gasteiger charge is 2.21. The van der Waals surface area contributed by atoms with E-state index in [0.717, 1.165) is 11.4 Å². The third-order valence-electron chi connectivity index (χ3n) is 3.64. The summed E-state index contributed by atoms with van der Waals surface area (Å²) in [4.78, 5) is 2.75. The second-order valence-corrected chi connectivity index (χ2v) is 8.12. The Morgan fingerprint density at radius 2 is 0.962 bits per heavy atom. The van der Waals surface area contributed by atoms with Gasteiger partial charge in [-0.05, 0) is 24.3 Å². The van der Waals surface area contributed by atoms with Crippen molar-refractivity contribution in [1.82, 2.24) is 0 Å². The molecule has 0 aliphatic rings. The van der Waals surface area contributed by atoms with Crippen molar-refractivity contribution in [3.05, 3.63) is 85.8 Å². The van der Waals surface area contributed by atoms with Crippen molar-refractivity contribution < 1.29 is 0 Å². The largest absolute Gasteiger partial charge is 0.331 e. The van der Waals surface area contributed by atoms with Crippen LogP contribution in [0.2, 0.25) is 25.1 Å². The Morgan fingerprint density at radius 3 is 1.38 bits per heavy atom. The second kappa shape index (κ2) is 8.97. The lowest BCUT2D eigenvalue weighted by molar-refractivity contribution is 1.17. The molecule has 0 unspecified atom stereocenters. The van der Waals surface area contributed by atoms with Crippen molar-refractivity contribution in [2.24, 2.45) is 0 Å². The molecule has 1 nitrogen and oxygen atoms in total. The molecule has 0 fully saturated rings. The van der Waals surface area contributed by atoms with Gasteiger partial charge in [0.05, 0.1) is 31.0 Å². The van der Waals surface area contributed by atoms with Crippen molar-refractivity contribution >= 4 is 81.1 Å². The van der Waals surface area contributed by atoms with Gasteiger partial charge >= 0.3 is 0 Å². The Balaban J connectivity index is 1.95. The lowest BCUT2D eigenvalue weighted by Crippen LogP contribution is -2.16. The Morgan fingerprint density at radius 1 is 0.577 bits per heavy atom. The maximum Gasteiger partial charge on any atom is 0.0809 e. The first-order valence-corrected chi connectivity index (χ1v) is 10.4. The van der Waals surface area contributed by atoms with E-state index in [-0.39, 0.29) is 15.1 Å². The van der Waals surface area contributed by atoms with Crippen molar-refractivity contribution in [3.63, 3.8) is 0 Å². The quantitative estimate of drug-likeness (QED) is 0.161. The Kier molecular flexibility index (Phi) is 6.90. The fourth-order valence-electron chi connectivity index (χ4n) is 2.35. The third kappa shape index (κ3) is 4.22. The SMILES string of the molecule is Clc1c(Cl)c(Cl)c(SCN(c2ccccc2)c2ccccc2)c(Cl)c1Cl. The summed E-state index contributed by atoms with van der Waals surface area (Å²) < 4.78 is 0. The summed E-state index contributed by atoms with van der Waals surface area (Å²) in [5, 5.41) is 1.18. The average Bonchev–Trinajstić information content (AvgIpc) is 2.69. The molecule has 0 aliphatic carbocycles. The molecule has 0 amide bonds. The lowest BCUT2D eigenvalue weighted by Gasteiger charge is -2.25. The van der Waals surface area contributed by atoms with E-state index in [9.17, 15) is 0 Å². The molecule has 0 saturated heterocycles. The number of hydrogen-bond acceptors (Lipinski definition) is 2. The van der Waals surface area contributed by atoms with E-state index in [4.69, 9.17) is 58.0 Å². The lowest BCUT2D eigenvalue weighted by atomic mass is 10.2. The number of thioether (sulfide) groups is 1. The number of para-hydroxylation sites is 2. The van der Waals surface area contributed by atoms with E-state index >= 15 is 0 Å². The molecule has 0 radical (unpaired) electrons. The predicted molar refractivity (Wildman–Crippen MR) is 117 cm³/mol. The van der Waals surface area contributed by atoms with E-state index in [0.29, 0.717) is 20.8 Å². The first kappa shape index (κ1) is 20.0. The van der Waals surface area contributed by atoms with Gasteiger partial charge in [0, 0.05) is 16.3 Å². The van der Waals surface area contributed by atoms with Crippen LogP contribution in [0, 0.1) is 0 Å². The minimum Gasteiger partial charge on any atom is -0.331 e. The van der Waals surface area contributed by atoms with Crippen molar-refractivity contribution in [2.75, 3.05) is 10.8 Å². The molecule has 0 bridgehead atoms. The first-order chi connectivity index (χ1) is 12.5. The van der Waals surface area contributed by atoms with Crippen LogP contribution in [-0.2, 0) is 0 Å². The fraction of sp³-hybridized carbons (Fsp3) is 0.0526. The monoisotopic (exact) mass is 461 g/mol. The van der Waals surface area contributed by atoms with Gasteiger partial charge in [-0.15, -0.1) is 11.8 Å². The number of hydrogen-bond donors (Lipinski definition) is 0. The van der Waals surface area contributed by atoms with Crippen LogP contribution in [-0.4, -0.2) is 5.88 Å². The molecule has 3 aromatic carbocycles. The van der Waals surface area contributed by atoms with Gasteiger partial charge in [0.15, 0.2) is 0 Å². The fourth-order valence-corrected chi connectivity index (χ4v) is 4.95. The van der Waals surface area contributed by atoms with E-state index < -0.39 is 0 Å². The van der Waals surface area contributed by atoms with Crippen LogP contribution in [0.25, 0.3) is 0 Å². The van der Waals surface area contributed by atoms with Crippen LogP contribution >= 0.6 is 69.8 Å². The second-order valence-electron chi connectivity index (χ2n) is 5.27. The summed E-state index contributed by atoms with van der Waals surface area (Å²) >= 11 is 32.6. The van der Waals surface area contributed by atoms with Crippen LogP contribution in [0.5, 0.6) is 0 Å². The summed E-state index contributed by atoms with van der Waals surface area (Å²) in [5.74, 6) is 0.557. The van der Waals surface area contributed by atoms with Gasteiger partial charge in [0.1, 0.15) is 0 Å². The van der Waals surface area contributed by atoms with Crippen LogP contribution in [0.4, 0.5) is 11.4 Å². The molecular weight excluding hydrogens is 452 g/mol. The molecule has 0 saturated carbocycles. The molecule has 7 heteroatoms. The van der Waals surface area contributed by atoms with Gasteiger partial charge in [-0.3, -0.25) is 0 Å². The highest BCUT2D eigenvalue weighted by molar-refractivity contribution is 7.99. The smallest absolute Gasteiger partial charge is 0.0809 e. The summed E-state index contributed by atoms with van der Waals surface area (Å²) in [5.41, 5.74) is 2.09. The average molecular weight is 464 g/mol. The highest BCUT2D eigenvalue weighted by Crippen LogP contribution is 2.48. The van der Waals surface area contributed by atoms with E-state index in [1.807, 2.05) is 60.7 Å². The van der Waals surface area contributed by atoms with Crippen molar-refractivity contribution in [1.29, 1.82) is 0 Å². The zero-order valence-electron chi connectivity index (χ0n) is 13.2. The van der Waals surface area contributed by atoms with Crippen molar-refractivity contribution in [3.8, 4) is 0 Å². The molecule has 0 N–H and O–H groups in total. The molecule has 0 aromatic heterocycles. The molecule has 3 aromatic rings. The molecule has 26 heavy (non-hydrogen) atoms. The van der Waals surface area contributed by atoms with Gasteiger partial charge in [-0.2, -0.15) is 0 Å². The van der Waals surface area contributed by atoms with Gasteiger partial charge < -0.3 is 4.90 Å². The molecule has 0 heterocycles. The normalized spacial score (nSPS) is 10.8. The van der Waals surface area contributed by atoms with Crippen LogP contribution < -0.4 is 4.90 Å². The molecule has 134 valence electrons. The molecular formula is C19H12Cl5NS. The Hall–Kier alpha value is -0.740. The summed E-state index contributed by atoms with van der Waals surface area (Å²) in [6.07, 6.45) is 0. The molecule has 0 aliphatic heterocycles. The summed E-state index contributed by atoms with van der Waals surface area (Å²) in [7, 11) is 0. The Labute approximate surface area is 181 Å². The van der Waals surface area contributed by atoms with Crippen LogP contribution in [0.3, 0.4) is 0 Å². The highest BCUT2D eigenvalue weighted by atomic mass is 35.5. The summed E-state index contributed by atoms with van der Waals surface area (Å²) in [6.45, 7) is 0. The zero-order chi connectivity index (χ0) is 18.7. The summed E-state index contributed by atoms with van der Waals surface area (Å²) in [6, 6.07) is 20.1. The van der Waals surface area contributed by atoms with Crippen molar-refractivity contribution in [2.45, 2.75) is 4.90 Å². The number of rotatable bonds is 5. The van der Waals surface area contributed by atoms with E-state index in [2.05, 4.69) is 4.90 Å². The van der Waals surface area contributed by atoms with Gasteiger partial charge in [-0.1, -0.05) is 94.4 Å². The van der Waals surface area contributed by atoms with Crippen LogP contribution in [0.15, 0.2) is 65.6 Å². The third-order valence-corrected chi connectivity index (χ3v) is 7.23. The topological polar surface area (TPSA) is 3.24 Å².